The molecule has 27 heavy (non-hydrogen) atoms. The van der Waals surface area contributed by atoms with E-state index in [1.165, 1.54) is 6.07 Å². The van der Waals surface area contributed by atoms with Crippen LogP contribution >= 0.6 is 23.2 Å². The SMILES string of the molecule is CN(Cc1ccccc1F)C(=O)[C@H]1CCCN(Cc2ccc(Cl)cc2Cl)C1. The molecule has 2 aromatic carbocycles. The Hall–Kier alpha value is -1.62. The minimum Gasteiger partial charge on any atom is -0.341 e. The fourth-order valence-corrected chi connectivity index (χ4v) is 4.03. The molecule has 2 aromatic rings. The van der Waals surface area contributed by atoms with Gasteiger partial charge in [0, 0.05) is 42.3 Å². The van der Waals surface area contributed by atoms with Crippen molar-refractivity contribution in [3.05, 3.63) is 69.5 Å². The Bertz CT molecular complexity index is 815. The van der Waals surface area contributed by atoms with Gasteiger partial charge in [-0.15, -0.1) is 0 Å². The maximum Gasteiger partial charge on any atom is 0.227 e. The smallest absolute Gasteiger partial charge is 0.227 e. The summed E-state index contributed by atoms with van der Waals surface area (Å²) in [5.41, 5.74) is 1.54. The Balaban J connectivity index is 1.61. The van der Waals surface area contributed by atoms with Gasteiger partial charge >= 0.3 is 0 Å². The van der Waals surface area contributed by atoms with Crippen molar-refractivity contribution in [3.8, 4) is 0 Å². The Labute approximate surface area is 169 Å². The van der Waals surface area contributed by atoms with Gasteiger partial charge in [-0.1, -0.05) is 47.5 Å². The second kappa shape index (κ2) is 9.05. The fraction of sp³-hybridized carbons (Fsp3) is 0.381. The summed E-state index contributed by atoms with van der Waals surface area (Å²) in [7, 11) is 1.74. The van der Waals surface area contributed by atoms with Crippen LogP contribution in [0.5, 0.6) is 0 Å². The van der Waals surface area contributed by atoms with E-state index in [2.05, 4.69) is 4.90 Å². The van der Waals surface area contributed by atoms with Crippen LogP contribution in [0, 0.1) is 11.7 Å². The second-order valence-electron chi connectivity index (χ2n) is 7.10. The summed E-state index contributed by atoms with van der Waals surface area (Å²) >= 11 is 12.2. The maximum atomic E-state index is 13.9. The number of halogens is 3. The van der Waals surface area contributed by atoms with Crippen LogP contribution in [0.25, 0.3) is 0 Å². The van der Waals surface area contributed by atoms with Crippen molar-refractivity contribution >= 4 is 29.1 Å². The second-order valence-corrected chi connectivity index (χ2v) is 7.94. The van der Waals surface area contributed by atoms with E-state index in [-0.39, 0.29) is 24.2 Å². The highest BCUT2D eigenvalue weighted by molar-refractivity contribution is 6.35. The molecule has 1 amide bonds. The van der Waals surface area contributed by atoms with Crippen molar-refractivity contribution < 1.29 is 9.18 Å². The standard InChI is InChI=1S/C21H23Cl2FN2O/c1-25(12-16-5-2-3-7-20(16)24)21(27)17-6-4-10-26(14-17)13-15-8-9-18(22)11-19(15)23/h2-3,5,7-9,11,17H,4,6,10,12-14H2,1H3/t17-/m0/s1. The Morgan fingerprint density at radius 3 is 2.74 bits per heavy atom. The van der Waals surface area contributed by atoms with Crippen LogP contribution in [0.15, 0.2) is 42.5 Å². The lowest BCUT2D eigenvalue weighted by Crippen LogP contribution is -2.43. The molecule has 1 saturated heterocycles. The largest absolute Gasteiger partial charge is 0.341 e. The van der Waals surface area contributed by atoms with E-state index in [0.717, 1.165) is 24.9 Å². The third kappa shape index (κ3) is 5.22. The first-order chi connectivity index (χ1) is 12.9. The number of hydrogen-bond donors (Lipinski definition) is 0. The number of carbonyl (C=O) groups is 1. The van der Waals surface area contributed by atoms with Crippen molar-refractivity contribution in [2.24, 2.45) is 5.92 Å². The monoisotopic (exact) mass is 408 g/mol. The average Bonchev–Trinajstić information content (AvgIpc) is 2.65. The van der Waals surface area contributed by atoms with Gasteiger partial charge in [-0.05, 0) is 43.1 Å². The molecule has 0 radical (unpaired) electrons. The highest BCUT2D eigenvalue weighted by Gasteiger charge is 2.28. The number of likely N-dealkylation sites (tertiary alicyclic amines) is 1. The average molecular weight is 409 g/mol. The van der Waals surface area contributed by atoms with E-state index in [4.69, 9.17) is 23.2 Å². The number of carbonyl (C=O) groups excluding carboxylic acids is 1. The zero-order valence-corrected chi connectivity index (χ0v) is 16.8. The van der Waals surface area contributed by atoms with E-state index in [9.17, 15) is 9.18 Å². The van der Waals surface area contributed by atoms with Crippen molar-refractivity contribution in [2.45, 2.75) is 25.9 Å². The zero-order chi connectivity index (χ0) is 19.4. The summed E-state index contributed by atoms with van der Waals surface area (Å²) in [6.07, 6.45) is 1.81. The molecule has 6 heteroatoms. The molecular formula is C21H23Cl2FN2O. The summed E-state index contributed by atoms with van der Waals surface area (Å²) in [6, 6.07) is 12.1. The first-order valence-electron chi connectivity index (χ1n) is 9.08. The third-order valence-electron chi connectivity index (χ3n) is 5.01. The van der Waals surface area contributed by atoms with Gasteiger partial charge in [-0.3, -0.25) is 9.69 Å². The minimum absolute atomic E-state index is 0.0603. The Morgan fingerprint density at radius 1 is 1.22 bits per heavy atom. The number of nitrogens with zero attached hydrogens (tertiary/aromatic N) is 2. The number of benzene rings is 2. The minimum atomic E-state index is -0.278. The van der Waals surface area contributed by atoms with Gasteiger partial charge < -0.3 is 4.90 Å². The molecule has 0 aromatic heterocycles. The van der Waals surface area contributed by atoms with Gasteiger partial charge in [0.05, 0.1) is 5.92 Å². The van der Waals surface area contributed by atoms with Gasteiger partial charge in [-0.25, -0.2) is 4.39 Å². The quantitative estimate of drug-likeness (QED) is 0.694. The van der Waals surface area contributed by atoms with E-state index in [1.54, 1.807) is 36.2 Å². The summed E-state index contributed by atoms with van der Waals surface area (Å²) in [5, 5.41) is 1.26. The van der Waals surface area contributed by atoms with Crippen LogP contribution < -0.4 is 0 Å². The van der Waals surface area contributed by atoms with Crippen molar-refractivity contribution in [3.63, 3.8) is 0 Å². The predicted molar refractivity (Wildman–Crippen MR) is 107 cm³/mol. The van der Waals surface area contributed by atoms with Crippen molar-refractivity contribution in [1.29, 1.82) is 0 Å². The predicted octanol–water partition coefficient (Wildman–Crippen LogP) is 5.00. The lowest BCUT2D eigenvalue weighted by Gasteiger charge is -2.34. The fourth-order valence-electron chi connectivity index (χ4n) is 3.56. The summed E-state index contributed by atoms with van der Waals surface area (Å²) in [5.74, 6) is -0.299. The number of rotatable bonds is 5. The van der Waals surface area contributed by atoms with Crippen LogP contribution in [0.4, 0.5) is 4.39 Å². The van der Waals surface area contributed by atoms with Crippen LogP contribution in [0.1, 0.15) is 24.0 Å². The van der Waals surface area contributed by atoms with E-state index in [0.29, 0.717) is 28.7 Å². The van der Waals surface area contributed by atoms with Gasteiger partial charge in [0.2, 0.25) is 5.91 Å². The maximum absolute atomic E-state index is 13.9. The highest BCUT2D eigenvalue weighted by atomic mass is 35.5. The molecule has 1 heterocycles. The molecule has 144 valence electrons. The number of amides is 1. The lowest BCUT2D eigenvalue weighted by molar-refractivity contribution is -0.136. The molecule has 0 unspecified atom stereocenters. The van der Waals surface area contributed by atoms with Gasteiger partial charge in [-0.2, -0.15) is 0 Å². The molecule has 0 spiro atoms. The summed E-state index contributed by atoms with van der Waals surface area (Å²) in [4.78, 5) is 16.7. The van der Waals surface area contributed by atoms with Crippen LogP contribution in [0.3, 0.4) is 0 Å². The van der Waals surface area contributed by atoms with Crippen molar-refractivity contribution in [2.75, 3.05) is 20.1 Å². The Morgan fingerprint density at radius 2 is 2.00 bits per heavy atom. The zero-order valence-electron chi connectivity index (χ0n) is 15.3. The molecule has 1 aliphatic heterocycles. The third-order valence-corrected chi connectivity index (χ3v) is 5.59. The van der Waals surface area contributed by atoms with Gasteiger partial charge in [0.25, 0.3) is 0 Å². The normalized spacial score (nSPS) is 17.7. The molecule has 3 nitrogen and oxygen atoms in total. The first kappa shape index (κ1) is 20.1. The molecule has 0 saturated carbocycles. The molecule has 3 rings (SSSR count). The summed E-state index contributed by atoms with van der Waals surface area (Å²) in [6.45, 7) is 2.58. The van der Waals surface area contributed by atoms with Crippen molar-refractivity contribution in [1.82, 2.24) is 9.80 Å². The molecule has 1 aliphatic rings. The van der Waals surface area contributed by atoms with E-state index < -0.39 is 0 Å². The van der Waals surface area contributed by atoms with Crippen LogP contribution in [-0.4, -0.2) is 35.8 Å². The highest BCUT2D eigenvalue weighted by Crippen LogP contribution is 2.25. The van der Waals surface area contributed by atoms with E-state index >= 15 is 0 Å². The molecule has 0 bridgehead atoms. The lowest BCUT2D eigenvalue weighted by atomic mass is 9.96. The summed E-state index contributed by atoms with van der Waals surface area (Å²) < 4.78 is 13.9. The Kier molecular flexibility index (Phi) is 6.74. The van der Waals surface area contributed by atoms with Crippen LogP contribution in [-0.2, 0) is 17.9 Å². The molecule has 0 aliphatic carbocycles. The molecule has 0 N–H and O–H groups in total. The van der Waals surface area contributed by atoms with Gasteiger partial charge in [0.15, 0.2) is 0 Å². The molecule has 1 atom stereocenters. The number of hydrogen-bond acceptors (Lipinski definition) is 2. The van der Waals surface area contributed by atoms with E-state index in [1.807, 2.05) is 12.1 Å². The molecular weight excluding hydrogens is 386 g/mol. The first-order valence-corrected chi connectivity index (χ1v) is 9.84. The molecule has 1 fully saturated rings. The van der Waals surface area contributed by atoms with Crippen LogP contribution in [0.2, 0.25) is 10.0 Å². The topological polar surface area (TPSA) is 23.6 Å². The number of piperidine rings is 1. The van der Waals surface area contributed by atoms with Gasteiger partial charge in [0.1, 0.15) is 5.82 Å².